The summed E-state index contributed by atoms with van der Waals surface area (Å²) in [6.07, 6.45) is 4.61. The second-order valence-electron chi connectivity index (χ2n) is 7.70. The Hall–Kier alpha value is -2.59. The second kappa shape index (κ2) is 10.3. The summed E-state index contributed by atoms with van der Waals surface area (Å²) in [5.74, 6) is 0.878. The number of rotatable bonds is 7. The zero-order valence-electron chi connectivity index (χ0n) is 17.8. The zero-order chi connectivity index (χ0) is 20.6. The van der Waals surface area contributed by atoms with Gasteiger partial charge in [-0.25, -0.2) is 0 Å². The predicted octanol–water partition coefficient (Wildman–Crippen LogP) is 4.32. The molecule has 29 heavy (non-hydrogen) atoms. The highest BCUT2D eigenvalue weighted by atomic mass is 16.5. The summed E-state index contributed by atoms with van der Waals surface area (Å²) in [7, 11) is 0. The van der Waals surface area contributed by atoms with Crippen LogP contribution in [-0.4, -0.2) is 54.5 Å². The quantitative estimate of drug-likeness (QED) is 0.704. The fourth-order valence-electron chi connectivity index (χ4n) is 3.52. The molecule has 0 radical (unpaired) electrons. The monoisotopic (exact) mass is 392 g/mol. The summed E-state index contributed by atoms with van der Waals surface area (Å²) in [4.78, 5) is 17.3. The second-order valence-corrected chi connectivity index (χ2v) is 7.70. The van der Waals surface area contributed by atoms with Crippen LogP contribution in [0.3, 0.4) is 0 Å². The van der Waals surface area contributed by atoms with Gasteiger partial charge < -0.3 is 9.64 Å². The van der Waals surface area contributed by atoms with Crippen LogP contribution < -0.4 is 4.74 Å². The molecule has 0 aliphatic carbocycles. The van der Waals surface area contributed by atoms with Crippen molar-refractivity contribution in [2.24, 2.45) is 0 Å². The maximum absolute atomic E-state index is 13.0. The van der Waals surface area contributed by atoms with Gasteiger partial charge in [0.05, 0.1) is 0 Å². The molecule has 3 rings (SSSR count). The van der Waals surface area contributed by atoms with Crippen molar-refractivity contribution in [1.82, 2.24) is 9.80 Å². The lowest BCUT2D eigenvalue weighted by Gasteiger charge is -2.35. The van der Waals surface area contributed by atoms with Crippen LogP contribution in [0.5, 0.6) is 5.75 Å². The van der Waals surface area contributed by atoms with Crippen LogP contribution in [0.1, 0.15) is 30.0 Å². The number of nitrogens with zero attached hydrogens (tertiary/aromatic N) is 2. The minimum absolute atomic E-state index is 0.102. The average molecular weight is 393 g/mol. The Labute approximate surface area is 174 Å². The molecule has 1 aliphatic rings. The molecule has 1 amide bonds. The molecule has 1 aliphatic heterocycles. The molecular weight excluding hydrogens is 360 g/mol. The third-order valence-corrected chi connectivity index (χ3v) is 5.56. The van der Waals surface area contributed by atoms with Gasteiger partial charge in [-0.15, -0.1) is 0 Å². The van der Waals surface area contributed by atoms with E-state index in [9.17, 15) is 4.79 Å². The van der Waals surface area contributed by atoms with Gasteiger partial charge in [0.25, 0.3) is 5.91 Å². The van der Waals surface area contributed by atoms with Crippen molar-refractivity contribution in [3.8, 4) is 5.75 Å². The molecular formula is C25H32N2O2. The van der Waals surface area contributed by atoms with Crippen LogP contribution in [0.2, 0.25) is 0 Å². The van der Waals surface area contributed by atoms with E-state index in [4.69, 9.17) is 4.74 Å². The van der Waals surface area contributed by atoms with Crippen LogP contribution in [0.15, 0.2) is 54.6 Å². The van der Waals surface area contributed by atoms with Crippen LogP contribution in [-0.2, 0) is 4.79 Å². The number of carbonyl (C=O) groups excluding carboxylic acids is 1. The molecule has 0 aromatic heterocycles. The summed E-state index contributed by atoms with van der Waals surface area (Å²) in [6, 6.07) is 16.4. The van der Waals surface area contributed by atoms with Gasteiger partial charge >= 0.3 is 0 Å². The first-order chi connectivity index (χ1) is 14.1. The van der Waals surface area contributed by atoms with Crippen LogP contribution >= 0.6 is 0 Å². The molecule has 0 N–H and O–H groups in total. The van der Waals surface area contributed by atoms with Crippen molar-refractivity contribution in [1.29, 1.82) is 0 Å². The van der Waals surface area contributed by atoms with E-state index in [2.05, 4.69) is 43.0 Å². The SMILES string of the molecule is CC[C@H](Oc1ccc(C)c(C)c1)C(=O)N1CCN(C/C=C/c2ccccc2)CC1. The minimum atomic E-state index is -0.415. The van der Waals surface area contributed by atoms with Crippen molar-refractivity contribution in [3.05, 3.63) is 71.3 Å². The normalized spacial score (nSPS) is 16.2. The molecule has 154 valence electrons. The molecule has 4 heteroatoms. The molecule has 1 fully saturated rings. The molecule has 0 saturated carbocycles. The maximum atomic E-state index is 13.0. The molecule has 1 heterocycles. The van der Waals surface area contributed by atoms with Gasteiger partial charge in [0.15, 0.2) is 6.10 Å². The number of ether oxygens (including phenoxy) is 1. The Morgan fingerprint density at radius 2 is 1.76 bits per heavy atom. The Balaban J connectivity index is 1.49. The van der Waals surface area contributed by atoms with Gasteiger partial charge in [0, 0.05) is 32.7 Å². The number of hydrogen-bond donors (Lipinski definition) is 0. The van der Waals surface area contributed by atoms with Crippen LogP contribution in [0.4, 0.5) is 0 Å². The van der Waals surface area contributed by atoms with E-state index in [0.29, 0.717) is 6.42 Å². The predicted molar refractivity (Wildman–Crippen MR) is 119 cm³/mol. The summed E-state index contributed by atoms with van der Waals surface area (Å²) in [5, 5.41) is 0. The standard InChI is InChI=1S/C25H32N2O2/c1-4-24(29-23-13-12-20(2)21(3)19-23)25(28)27-17-15-26(16-18-27)14-8-11-22-9-6-5-7-10-22/h5-13,19,24H,4,14-18H2,1-3H3/b11-8+/t24-/m0/s1. The first-order valence-corrected chi connectivity index (χ1v) is 10.5. The van der Waals surface area contributed by atoms with E-state index >= 15 is 0 Å². The van der Waals surface area contributed by atoms with E-state index < -0.39 is 6.10 Å². The fourth-order valence-corrected chi connectivity index (χ4v) is 3.52. The highest BCUT2D eigenvalue weighted by molar-refractivity contribution is 5.81. The number of aryl methyl sites for hydroxylation is 2. The van der Waals surface area contributed by atoms with Gasteiger partial charge in [-0.2, -0.15) is 0 Å². The number of amides is 1. The number of piperazine rings is 1. The zero-order valence-corrected chi connectivity index (χ0v) is 17.8. The van der Waals surface area contributed by atoms with Gasteiger partial charge in [0.1, 0.15) is 5.75 Å². The smallest absolute Gasteiger partial charge is 0.263 e. The number of carbonyl (C=O) groups is 1. The maximum Gasteiger partial charge on any atom is 0.263 e. The summed E-state index contributed by atoms with van der Waals surface area (Å²) >= 11 is 0. The van der Waals surface area contributed by atoms with Gasteiger partial charge in [-0.05, 0) is 49.1 Å². The van der Waals surface area contributed by atoms with Crippen molar-refractivity contribution in [3.63, 3.8) is 0 Å². The van der Waals surface area contributed by atoms with E-state index in [-0.39, 0.29) is 5.91 Å². The third kappa shape index (κ3) is 5.94. The van der Waals surface area contributed by atoms with Crippen molar-refractivity contribution in [2.45, 2.75) is 33.3 Å². The molecule has 2 aromatic rings. The topological polar surface area (TPSA) is 32.8 Å². The van der Waals surface area contributed by atoms with Crippen molar-refractivity contribution >= 4 is 12.0 Å². The summed E-state index contributed by atoms with van der Waals surface area (Å²) in [6.45, 7) is 10.4. The highest BCUT2D eigenvalue weighted by Crippen LogP contribution is 2.19. The lowest BCUT2D eigenvalue weighted by Crippen LogP contribution is -2.52. The highest BCUT2D eigenvalue weighted by Gasteiger charge is 2.27. The van der Waals surface area contributed by atoms with E-state index in [1.54, 1.807) is 0 Å². The first-order valence-electron chi connectivity index (χ1n) is 10.5. The Morgan fingerprint density at radius 3 is 2.41 bits per heavy atom. The molecule has 0 unspecified atom stereocenters. The molecule has 0 bridgehead atoms. The third-order valence-electron chi connectivity index (χ3n) is 5.56. The van der Waals surface area contributed by atoms with Crippen LogP contribution in [0.25, 0.3) is 6.08 Å². The number of benzene rings is 2. The van der Waals surface area contributed by atoms with Crippen LogP contribution in [0, 0.1) is 13.8 Å². The van der Waals surface area contributed by atoms with Crippen molar-refractivity contribution in [2.75, 3.05) is 32.7 Å². The molecule has 4 nitrogen and oxygen atoms in total. The largest absolute Gasteiger partial charge is 0.481 e. The Morgan fingerprint density at radius 1 is 1.03 bits per heavy atom. The van der Waals surface area contributed by atoms with Crippen molar-refractivity contribution < 1.29 is 9.53 Å². The molecule has 2 aromatic carbocycles. The van der Waals surface area contributed by atoms with Gasteiger partial charge in [0.2, 0.25) is 0 Å². The molecule has 1 atom stereocenters. The molecule has 1 saturated heterocycles. The van der Waals surface area contributed by atoms with Gasteiger partial charge in [-0.1, -0.05) is 55.5 Å². The van der Waals surface area contributed by atoms with Gasteiger partial charge in [-0.3, -0.25) is 9.69 Å². The lowest BCUT2D eigenvalue weighted by molar-refractivity contribution is -0.140. The Kier molecular flexibility index (Phi) is 7.48. The summed E-state index contributed by atoms with van der Waals surface area (Å²) in [5.41, 5.74) is 3.63. The summed E-state index contributed by atoms with van der Waals surface area (Å²) < 4.78 is 6.04. The fraction of sp³-hybridized carbons (Fsp3) is 0.400. The minimum Gasteiger partial charge on any atom is -0.481 e. The van der Waals surface area contributed by atoms with E-state index in [0.717, 1.165) is 38.5 Å². The van der Waals surface area contributed by atoms with E-state index in [1.165, 1.54) is 16.7 Å². The Bertz CT molecular complexity index is 824. The lowest BCUT2D eigenvalue weighted by atomic mass is 10.1. The first kappa shape index (κ1) is 21.1. The molecule has 0 spiro atoms. The number of hydrogen-bond acceptors (Lipinski definition) is 3. The average Bonchev–Trinajstić information content (AvgIpc) is 2.75. The van der Waals surface area contributed by atoms with E-state index in [1.807, 2.05) is 48.2 Å².